The first-order valence-electron chi connectivity index (χ1n) is 5.34. The maximum Gasteiger partial charge on any atom is 0.308 e. The van der Waals surface area contributed by atoms with Gasteiger partial charge in [0.1, 0.15) is 0 Å². The summed E-state index contributed by atoms with van der Waals surface area (Å²) in [5, 5.41) is 11.5. The number of carbonyl (C=O) groups excluding carboxylic acids is 1. The quantitative estimate of drug-likeness (QED) is 0.705. The number of carbonyl (C=O) groups is 2. The second-order valence-electron chi connectivity index (χ2n) is 4.59. The minimum atomic E-state index is -0.852. The van der Waals surface area contributed by atoms with Gasteiger partial charge in [-0.25, -0.2) is 0 Å². The first-order valence-corrected chi connectivity index (χ1v) is 5.34. The van der Waals surface area contributed by atoms with Crippen LogP contribution in [-0.2, 0) is 9.59 Å². The van der Waals surface area contributed by atoms with Gasteiger partial charge in [0.05, 0.1) is 5.92 Å². The van der Waals surface area contributed by atoms with Crippen molar-refractivity contribution in [3.63, 3.8) is 0 Å². The number of aliphatic carboxylic acids is 1. The van der Waals surface area contributed by atoms with Gasteiger partial charge < -0.3 is 10.4 Å². The Morgan fingerprint density at radius 3 is 2.07 bits per heavy atom. The molecule has 0 fully saturated rings. The fraction of sp³-hybridized carbons (Fsp3) is 0.818. The van der Waals surface area contributed by atoms with Crippen molar-refractivity contribution in [2.45, 2.75) is 34.1 Å². The first kappa shape index (κ1) is 13.9. The van der Waals surface area contributed by atoms with E-state index < -0.39 is 11.9 Å². The van der Waals surface area contributed by atoms with Gasteiger partial charge in [-0.2, -0.15) is 0 Å². The summed E-state index contributed by atoms with van der Waals surface area (Å²) in [7, 11) is 0. The Labute approximate surface area is 91.1 Å². The van der Waals surface area contributed by atoms with E-state index in [9.17, 15) is 9.59 Å². The lowest BCUT2D eigenvalue weighted by atomic mass is 9.96. The lowest BCUT2D eigenvalue weighted by molar-refractivity contribution is -0.143. The van der Waals surface area contributed by atoms with Gasteiger partial charge >= 0.3 is 5.97 Å². The first-order chi connectivity index (χ1) is 6.84. The average molecular weight is 215 g/mol. The molecule has 15 heavy (non-hydrogen) atoms. The second kappa shape index (κ2) is 6.43. The van der Waals surface area contributed by atoms with E-state index in [1.54, 1.807) is 0 Å². The van der Waals surface area contributed by atoms with Crippen LogP contribution in [0.15, 0.2) is 0 Å². The highest BCUT2D eigenvalue weighted by Gasteiger charge is 2.21. The molecule has 0 spiro atoms. The zero-order valence-electron chi connectivity index (χ0n) is 9.91. The van der Waals surface area contributed by atoms with Crippen LogP contribution in [0.5, 0.6) is 0 Å². The number of hydrogen-bond acceptors (Lipinski definition) is 2. The number of rotatable bonds is 6. The van der Waals surface area contributed by atoms with E-state index in [4.69, 9.17) is 5.11 Å². The highest BCUT2D eigenvalue weighted by molar-refractivity contribution is 5.77. The average Bonchev–Trinajstić information content (AvgIpc) is 2.00. The molecule has 0 saturated heterocycles. The van der Waals surface area contributed by atoms with Gasteiger partial charge in [0.25, 0.3) is 0 Å². The second-order valence-corrected chi connectivity index (χ2v) is 4.59. The summed E-state index contributed by atoms with van der Waals surface area (Å²) in [5.74, 6) is -1.10. The molecule has 0 aliphatic carbocycles. The third kappa shape index (κ3) is 6.10. The molecule has 1 atom stereocenters. The maximum atomic E-state index is 11.3. The zero-order valence-corrected chi connectivity index (χ0v) is 9.91. The molecule has 4 nitrogen and oxygen atoms in total. The highest BCUT2D eigenvalue weighted by Crippen LogP contribution is 2.10. The summed E-state index contributed by atoms with van der Waals surface area (Å²) in [4.78, 5) is 22.1. The maximum absolute atomic E-state index is 11.3. The largest absolute Gasteiger partial charge is 0.481 e. The SMILES string of the molecule is CC(C)CC(=O)NCC(C(=O)O)C(C)C. The molecule has 88 valence electrons. The third-order valence-corrected chi connectivity index (χ3v) is 2.23. The van der Waals surface area contributed by atoms with Crippen LogP contribution in [0.3, 0.4) is 0 Å². The van der Waals surface area contributed by atoms with Crippen LogP contribution in [0.2, 0.25) is 0 Å². The lowest BCUT2D eigenvalue weighted by Gasteiger charge is -2.17. The smallest absolute Gasteiger partial charge is 0.308 e. The van der Waals surface area contributed by atoms with Crippen LogP contribution in [0, 0.1) is 17.8 Å². The van der Waals surface area contributed by atoms with Crippen molar-refractivity contribution in [3.05, 3.63) is 0 Å². The zero-order chi connectivity index (χ0) is 12.0. The van der Waals surface area contributed by atoms with Crippen molar-refractivity contribution in [1.29, 1.82) is 0 Å². The van der Waals surface area contributed by atoms with Crippen molar-refractivity contribution in [1.82, 2.24) is 5.32 Å². The number of amides is 1. The minimum absolute atomic E-state index is 0.0295. The van der Waals surface area contributed by atoms with Crippen LogP contribution >= 0.6 is 0 Å². The van der Waals surface area contributed by atoms with Crippen molar-refractivity contribution >= 4 is 11.9 Å². The predicted molar refractivity (Wildman–Crippen MR) is 58.4 cm³/mol. The number of nitrogens with one attached hydrogen (secondary N) is 1. The van der Waals surface area contributed by atoms with Gasteiger partial charge in [-0.05, 0) is 11.8 Å². The summed E-state index contributed by atoms with van der Waals surface area (Å²) in [6, 6.07) is 0. The molecule has 0 aromatic rings. The van der Waals surface area contributed by atoms with Gasteiger partial charge in [-0.15, -0.1) is 0 Å². The lowest BCUT2D eigenvalue weighted by Crippen LogP contribution is -2.35. The molecular formula is C11H21NO3. The van der Waals surface area contributed by atoms with E-state index >= 15 is 0 Å². The van der Waals surface area contributed by atoms with Gasteiger partial charge in [0.15, 0.2) is 0 Å². The predicted octanol–water partition coefficient (Wildman–Crippen LogP) is 1.51. The van der Waals surface area contributed by atoms with Crippen LogP contribution in [0.4, 0.5) is 0 Å². The molecule has 0 aromatic carbocycles. The third-order valence-electron chi connectivity index (χ3n) is 2.23. The van der Waals surface area contributed by atoms with E-state index in [0.29, 0.717) is 12.3 Å². The van der Waals surface area contributed by atoms with Gasteiger partial charge in [0, 0.05) is 13.0 Å². The highest BCUT2D eigenvalue weighted by atomic mass is 16.4. The Balaban J connectivity index is 4.00. The number of hydrogen-bond donors (Lipinski definition) is 2. The summed E-state index contributed by atoms with van der Waals surface area (Å²) in [6.45, 7) is 7.81. The van der Waals surface area contributed by atoms with E-state index in [1.807, 2.05) is 27.7 Å². The summed E-state index contributed by atoms with van der Waals surface area (Å²) >= 11 is 0. The fourth-order valence-corrected chi connectivity index (χ4v) is 1.27. The molecule has 0 heterocycles. The molecule has 1 unspecified atom stereocenters. The Hall–Kier alpha value is -1.06. The van der Waals surface area contributed by atoms with Crippen molar-refractivity contribution in [3.8, 4) is 0 Å². The standard InChI is InChI=1S/C11H21NO3/c1-7(2)5-10(13)12-6-9(8(3)4)11(14)15/h7-9H,5-6H2,1-4H3,(H,12,13)(H,14,15). The molecule has 0 aromatic heterocycles. The van der Waals surface area contributed by atoms with Crippen LogP contribution in [0.25, 0.3) is 0 Å². The summed E-state index contributed by atoms with van der Waals surface area (Å²) in [6.07, 6.45) is 0.449. The van der Waals surface area contributed by atoms with Crippen molar-refractivity contribution in [2.75, 3.05) is 6.54 Å². The Morgan fingerprint density at radius 1 is 1.20 bits per heavy atom. The molecule has 0 rings (SSSR count). The monoisotopic (exact) mass is 215 g/mol. The van der Waals surface area contributed by atoms with Gasteiger partial charge in [-0.1, -0.05) is 27.7 Å². The van der Waals surface area contributed by atoms with E-state index in [-0.39, 0.29) is 18.4 Å². The van der Waals surface area contributed by atoms with E-state index in [2.05, 4.69) is 5.32 Å². The Bertz CT molecular complexity index is 224. The fourth-order valence-electron chi connectivity index (χ4n) is 1.27. The number of carboxylic acid groups (broad SMARTS) is 1. The van der Waals surface area contributed by atoms with Crippen molar-refractivity contribution < 1.29 is 14.7 Å². The molecule has 0 aliphatic heterocycles. The Kier molecular flexibility index (Phi) is 5.97. The molecule has 4 heteroatoms. The molecular weight excluding hydrogens is 194 g/mol. The topological polar surface area (TPSA) is 66.4 Å². The van der Waals surface area contributed by atoms with Gasteiger partial charge in [0.2, 0.25) is 5.91 Å². The van der Waals surface area contributed by atoms with E-state index in [1.165, 1.54) is 0 Å². The molecule has 0 bridgehead atoms. The van der Waals surface area contributed by atoms with E-state index in [0.717, 1.165) is 0 Å². The molecule has 0 radical (unpaired) electrons. The molecule has 1 amide bonds. The Morgan fingerprint density at radius 2 is 1.73 bits per heavy atom. The number of carboxylic acids is 1. The molecule has 0 saturated carbocycles. The minimum Gasteiger partial charge on any atom is -0.481 e. The summed E-state index contributed by atoms with van der Waals surface area (Å²) in [5.41, 5.74) is 0. The van der Waals surface area contributed by atoms with Gasteiger partial charge in [-0.3, -0.25) is 9.59 Å². The van der Waals surface area contributed by atoms with Crippen molar-refractivity contribution in [2.24, 2.45) is 17.8 Å². The normalized spacial score (nSPS) is 12.9. The van der Waals surface area contributed by atoms with Crippen LogP contribution in [0.1, 0.15) is 34.1 Å². The summed E-state index contributed by atoms with van der Waals surface area (Å²) < 4.78 is 0. The molecule has 2 N–H and O–H groups in total. The van der Waals surface area contributed by atoms with Crippen LogP contribution < -0.4 is 5.32 Å². The van der Waals surface area contributed by atoms with Crippen LogP contribution in [-0.4, -0.2) is 23.5 Å². The molecule has 0 aliphatic rings.